The Morgan fingerprint density at radius 3 is 2.55 bits per heavy atom. The van der Waals surface area contributed by atoms with Gasteiger partial charge < -0.3 is 24.7 Å². The average Bonchev–Trinajstić information content (AvgIpc) is 2.46. The third-order valence-electron chi connectivity index (χ3n) is 2.65. The summed E-state index contributed by atoms with van der Waals surface area (Å²) >= 11 is 5.99. The van der Waals surface area contributed by atoms with Crippen molar-refractivity contribution in [1.82, 2.24) is 0 Å². The van der Waals surface area contributed by atoms with Crippen LogP contribution in [-0.2, 0) is 16.0 Å². The highest BCUT2D eigenvalue weighted by molar-refractivity contribution is 6.30. The molecule has 0 aliphatic heterocycles. The molecule has 6 heteroatoms. The van der Waals surface area contributed by atoms with E-state index in [-0.39, 0.29) is 0 Å². The molecule has 0 amide bonds. The highest BCUT2D eigenvalue weighted by Gasteiger charge is 2.11. The van der Waals surface area contributed by atoms with Gasteiger partial charge in [-0.3, -0.25) is 0 Å². The summed E-state index contributed by atoms with van der Waals surface area (Å²) in [5, 5.41) is 0.581. The molecule has 20 heavy (non-hydrogen) atoms. The molecule has 0 fully saturated rings. The molecule has 0 spiro atoms. The van der Waals surface area contributed by atoms with Crippen LogP contribution < -0.4 is 15.2 Å². The fourth-order valence-electron chi connectivity index (χ4n) is 1.67. The van der Waals surface area contributed by atoms with Gasteiger partial charge in [-0.1, -0.05) is 11.6 Å². The van der Waals surface area contributed by atoms with Gasteiger partial charge in [0.2, 0.25) is 0 Å². The van der Waals surface area contributed by atoms with E-state index in [9.17, 15) is 0 Å². The van der Waals surface area contributed by atoms with E-state index in [0.29, 0.717) is 49.5 Å². The molecular weight excluding hydrogens is 282 g/mol. The first-order valence-corrected chi connectivity index (χ1v) is 6.86. The van der Waals surface area contributed by atoms with Crippen LogP contribution in [0, 0.1) is 0 Å². The number of hydrogen-bond donors (Lipinski definition) is 1. The summed E-state index contributed by atoms with van der Waals surface area (Å²) in [5.74, 6) is 1.24. The van der Waals surface area contributed by atoms with Crippen LogP contribution in [0.3, 0.4) is 0 Å². The highest BCUT2D eigenvalue weighted by atomic mass is 35.5. The zero-order chi connectivity index (χ0) is 14.8. The number of ether oxygens (including phenoxy) is 4. The van der Waals surface area contributed by atoms with Crippen molar-refractivity contribution >= 4 is 11.6 Å². The van der Waals surface area contributed by atoms with Crippen LogP contribution in [0.5, 0.6) is 11.5 Å². The van der Waals surface area contributed by atoms with E-state index in [4.69, 9.17) is 36.3 Å². The molecule has 1 aromatic carbocycles. The number of nitrogens with two attached hydrogens (primary N) is 1. The van der Waals surface area contributed by atoms with E-state index in [1.54, 1.807) is 26.4 Å². The Morgan fingerprint density at radius 1 is 1.10 bits per heavy atom. The van der Waals surface area contributed by atoms with Crippen LogP contribution >= 0.6 is 11.6 Å². The van der Waals surface area contributed by atoms with Crippen LogP contribution in [0.4, 0.5) is 0 Å². The van der Waals surface area contributed by atoms with Gasteiger partial charge in [-0.25, -0.2) is 0 Å². The third kappa shape index (κ3) is 5.54. The molecule has 5 nitrogen and oxygen atoms in total. The van der Waals surface area contributed by atoms with Crippen LogP contribution in [0.25, 0.3) is 0 Å². The Bertz CT molecular complexity index is 376. The van der Waals surface area contributed by atoms with Gasteiger partial charge in [0.05, 0.1) is 26.9 Å². The molecule has 2 N–H and O–H groups in total. The van der Waals surface area contributed by atoms with Gasteiger partial charge in [0.15, 0.2) is 11.5 Å². The minimum Gasteiger partial charge on any atom is -0.493 e. The lowest BCUT2D eigenvalue weighted by Gasteiger charge is -2.15. The monoisotopic (exact) mass is 303 g/mol. The lowest BCUT2D eigenvalue weighted by atomic mass is 10.2. The third-order valence-corrected chi connectivity index (χ3v) is 2.87. The molecule has 114 valence electrons. The van der Waals surface area contributed by atoms with Crippen molar-refractivity contribution < 1.29 is 18.9 Å². The van der Waals surface area contributed by atoms with Crippen molar-refractivity contribution in [3.05, 3.63) is 22.7 Å². The minimum atomic E-state index is 0.344. The fraction of sp³-hybridized carbons (Fsp3) is 0.571. The molecule has 0 saturated heterocycles. The molecule has 0 aromatic heterocycles. The predicted molar refractivity (Wildman–Crippen MR) is 78.7 cm³/mol. The molecule has 1 rings (SSSR count). The molecule has 0 aliphatic carbocycles. The maximum Gasteiger partial charge on any atom is 0.165 e. The number of halogens is 1. The summed E-state index contributed by atoms with van der Waals surface area (Å²) in [5.41, 5.74) is 6.52. The predicted octanol–water partition coefficient (Wildman–Crippen LogP) is 2.24. The SMILES string of the molecule is COCCOCCCOc1c(CN)cc(Cl)cc1OC. The van der Waals surface area contributed by atoms with Crippen molar-refractivity contribution in [3.8, 4) is 11.5 Å². The topological polar surface area (TPSA) is 62.9 Å². The Kier molecular flexibility index (Phi) is 8.37. The first-order chi connectivity index (χ1) is 9.72. The lowest BCUT2D eigenvalue weighted by molar-refractivity contribution is 0.0642. The van der Waals surface area contributed by atoms with E-state index < -0.39 is 0 Å². The average molecular weight is 304 g/mol. The van der Waals surface area contributed by atoms with Gasteiger partial charge in [0.1, 0.15) is 0 Å². The van der Waals surface area contributed by atoms with Crippen LogP contribution in [0.2, 0.25) is 5.02 Å². The Hall–Kier alpha value is -1.01. The van der Waals surface area contributed by atoms with Gasteiger partial charge in [-0.05, 0) is 6.07 Å². The van der Waals surface area contributed by atoms with Gasteiger partial charge in [0.25, 0.3) is 0 Å². The standard InChI is InChI=1S/C14H22ClNO4/c1-17-6-7-19-4-3-5-20-14-11(10-16)8-12(15)9-13(14)18-2/h8-9H,3-7,10,16H2,1-2H3. The first-order valence-electron chi connectivity index (χ1n) is 6.48. The van der Waals surface area contributed by atoms with Crippen molar-refractivity contribution in [3.63, 3.8) is 0 Å². The Balaban J connectivity index is 2.46. The minimum absolute atomic E-state index is 0.344. The zero-order valence-electron chi connectivity index (χ0n) is 12.0. The van der Waals surface area contributed by atoms with E-state index >= 15 is 0 Å². The number of methoxy groups -OCH3 is 2. The highest BCUT2D eigenvalue weighted by Crippen LogP contribution is 2.34. The molecule has 0 aliphatic rings. The van der Waals surface area contributed by atoms with Gasteiger partial charge in [0, 0.05) is 43.3 Å². The molecule has 0 bridgehead atoms. The van der Waals surface area contributed by atoms with Gasteiger partial charge >= 0.3 is 0 Å². The van der Waals surface area contributed by atoms with Gasteiger partial charge in [-0.2, -0.15) is 0 Å². The summed E-state index contributed by atoms with van der Waals surface area (Å²) in [6.45, 7) is 2.68. The lowest BCUT2D eigenvalue weighted by Crippen LogP contribution is -2.09. The summed E-state index contributed by atoms with van der Waals surface area (Å²) in [6, 6.07) is 3.50. The second-order valence-corrected chi connectivity index (χ2v) is 4.54. The van der Waals surface area contributed by atoms with Crippen molar-refractivity contribution in [1.29, 1.82) is 0 Å². The molecule has 0 radical (unpaired) electrons. The van der Waals surface area contributed by atoms with Crippen molar-refractivity contribution in [2.45, 2.75) is 13.0 Å². The Labute approximate surface area is 124 Å². The second-order valence-electron chi connectivity index (χ2n) is 4.11. The summed E-state index contributed by atoms with van der Waals surface area (Å²) in [7, 11) is 3.22. The largest absolute Gasteiger partial charge is 0.493 e. The molecule has 0 unspecified atom stereocenters. The number of hydrogen-bond acceptors (Lipinski definition) is 5. The smallest absolute Gasteiger partial charge is 0.165 e. The molecule has 0 heterocycles. The van der Waals surface area contributed by atoms with Crippen LogP contribution in [0.15, 0.2) is 12.1 Å². The molecule has 0 saturated carbocycles. The number of rotatable bonds is 10. The van der Waals surface area contributed by atoms with Crippen LogP contribution in [0.1, 0.15) is 12.0 Å². The summed E-state index contributed by atoms with van der Waals surface area (Å²) in [6.07, 6.45) is 0.777. The molecular formula is C14H22ClNO4. The maximum absolute atomic E-state index is 5.99. The van der Waals surface area contributed by atoms with E-state index in [0.717, 1.165) is 12.0 Å². The Morgan fingerprint density at radius 2 is 1.90 bits per heavy atom. The zero-order valence-corrected chi connectivity index (χ0v) is 12.7. The van der Waals surface area contributed by atoms with E-state index in [1.165, 1.54) is 0 Å². The van der Waals surface area contributed by atoms with Crippen molar-refractivity contribution in [2.24, 2.45) is 5.73 Å². The quantitative estimate of drug-likeness (QED) is 0.672. The van der Waals surface area contributed by atoms with Gasteiger partial charge in [-0.15, -0.1) is 0 Å². The summed E-state index contributed by atoms with van der Waals surface area (Å²) in [4.78, 5) is 0. The second kappa shape index (κ2) is 9.83. The van der Waals surface area contributed by atoms with E-state index in [1.807, 2.05) is 0 Å². The van der Waals surface area contributed by atoms with E-state index in [2.05, 4.69) is 0 Å². The fourth-order valence-corrected chi connectivity index (χ4v) is 1.90. The van der Waals surface area contributed by atoms with Crippen LogP contribution in [-0.4, -0.2) is 40.6 Å². The first kappa shape index (κ1) is 17.0. The maximum atomic E-state index is 5.99. The number of benzene rings is 1. The molecule has 0 atom stereocenters. The summed E-state index contributed by atoms with van der Waals surface area (Å²) < 4.78 is 21.3. The van der Waals surface area contributed by atoms with Crippen molar-refractivity contribution in [2.75, 3.05) is 40.6 Å². The normalized spacial score (nSPS) is 10.6. The molecule has 1 aromatic rings.